The van der Waals surface area contributed by atoms with Gasteiger partial charge in [-0.15, -0.1) is 0 Å². The summed E-state index contributed by atoms with van der Waals surface area (Å²) in [4.78, 5) is 9.96. The molecule has 112 valence electrons. The van der Waals surface area contributed by atoms with E-state index in [4.69, 9.17) is 0 Å². The first kappa shape index (κ1) is 15.4. The van der Waals surface area contributed by atoms with Gasteiger partial charge in [-0.25, -0.2) is 4.39 Å². The fraction of sp³-hybridized carbons (Fsp3) is 0.250. The van der Waals surface area contributed by atoms with Crippen LogP contribution in [0.15, 0.2) is 35.1 Å². The zero-order chi connectivity index (χ0) is 15.4. The van der Waals surface area contributed by atoms with E-state index in [1.807, 2.05) is 0 Å². The lowest BCUT2D eigenvalue weighted by Gasteiger charge is -2.13. The van der Waals surface area contributed by atoms with Gasteiger partial charge in [-0.3, -0.25) is 14.8 Å². The molecule has 0 saturated heterocycles. The van der Waals surface area contributed by atoms with Crippen LogP contribution in [0.25, 0.3) is 0 Å². The molecule has 1 heterocycles. The molecule has 0 spiro atoms. The van der Waals surface area contributed by atoms with Crippen LogP contribution >= 0.6 is 15.9 Å². The highest BCUT2D eigenvalue weighted by molar-refractivity contribution is 9.10. The number of aliphatic hydroxyl groups is 1. The van der Waals surface area contributed by atoms with Crippen molar-refractivity contribution in [1.82, 2.24) is 9.78 Å². The van der Waals surface area contributed by atoms with E-state index in [1.54, 1.807) is 6.07 Å². The molecule has 0 bridgehead atoms. The van der Waals surface area contributed by atoms with Crippen molar-refractivity contribution in [3.05, 3.63) is 51.0 Å². The summed E-state index contributed by atoms with van der Waals surface area (Å²) in [5.74, 6) is -0.391. The third kappa shape index (κ3) is 4.23. The van der Waals surface area contributed by atoms with Crippen molar-refractivity contribution in [3.63, 3.8) is 0 Å². The SMILES string of the molecule is O=[N+]([O-])c1cnn(CC(O)CNc2cc(F)ccc2Br)c1. The molecule has 9 heteroatoms. The van der Waals surface area contributed by atoms with Crippen LogP contribution < -0.4 is 5.32 Å². The van der Waals surface area contributed by atoms with Gasteiger partial charge in [-0.1, -0.05) is 0 Å². The number of hydrogen-bond donors (Lipinski definition) is 2. The Kier molecular flexibility index (Phi) is 4.86. The summed E-state index contributed by atoms with van der Waals surface area (Å²) in [5, 5.41) is 27.1. The van der Waals surface area contributed by atoms with E-state index in [2.05, 4.69) is 26.3 Å². The highest BCUT2D eigenvalue weighted by Gasteiger charge is 2.12. The first-order valence-corrected chi connectivity index (χ1v) is 6.79. The average Bonchev–Trinajstić information content (AvgIpc) is 2.88. The Bertz CT molecular complexity index is 649. The molecule has 0 aliphatic rings. The highest BCUT2D eigenvalue weighted by Crippen LogP contribution is 2.22. The molecule has 2 N–H and O–H groups in total. The Morgan fingerprint density at radius 1 is 1.57 bits per heavy atom. The van der Waals surface area contributed by atoms with Crippen molar-refractivity contribution in [2.45, 2.75) is 12.6 Å². The number of anilines is 1. The minimum absolute atomic E-state index is 0.0910. The van der Waals surface area contributed by atoms with Gasteiger partial charge in [-0.2, -0.15) is 5.10 Å². The Morgan fingerprint density at radius 2 is 2.33 bits per heavy atom. The largest absolute Gasteiger partial charge is 0.389 e. The maximum atomic E-state index is 13.1. The molecule has 1 atom stereocenters. The van der Waals surface area contributed by atoms with Crippen molar-refractivity contribution in [1.29, 1.82) is 0 Å². The summed E-state index contributed by atoms with van der Waals surface area (Å²) in [7, 11) is 0. The maximum Gasteiger partial charge on any atom is 0.306 e. The number of aliphatic hydroxyl groups excluding tert-OH is 1. The summed E-state index contributed by atoms with van der Waals surface area (Å²) >= 11 is 3.26. The zero-order valence-corrected chi connectivity index (χ0v) is 12.3. The minimum atomic E-state index is -0.834. The fourth-order valence-corrected chi connectivity index (χ4v) is 2.07. The molecule has 0 fully saturated rings. The van der Waals surface area contributed by atoms with Crippen LogP contribution in [0.2, 0.25) is 0 Å². The van der Waals surface area contributed by atoms with E-state index < -0.39 is 16.8 Å². The van der Waals surface area contributed by atoms with Crippen LogP contribution in [0.5, 0.6) is 0 Å². The summed E-state index contributed by atoms with van der Waals surface area (Å²) in [5.41, 5.74) is 0.378. The number of hydrogen-bond acceptors (Lipinski definition) is 5. The number of halogens is 2. The molecule has 0 radical (unpaired) electrons. The number of nitrogens with zero attached hydrogens (tertiary/aromatic N) is 3. The summed E-state index contributed by atoms with van der Waals surface area (Å²) in [6.07, 6.45) is 1.52. The molecular formula is C12H12BrFN4O3. The number of nitro groups is 1. The number of nitrogens with one attached hydrogen (secondary N) is 1. The Morgan fingerprint density at radius 3 is 3.00 bits per heavy atom. The predicted molar refractivity (Wildman–Crippen MR) is 77.5 cm³/mol. The van der Waals surface area contributed by atoms with Crippen molar-refractivity contribution in [2.75, 3.05) is 11.9 Å². The summed E-state index contributed by atoms with van der Waals surface area (Å²) < 4.78 is 15.1. The molecule has 2 rings (SSSR count). The summed E-state index contributed by atoms with van der Waals surface area (Å²) in [6.45, 7) is 0.240. The van der Waals surface area contributed by atoms with Crippen molar-refractivity contribution < 1.29 is 14.4 Å². The Labute approximate surface area is 127 Å². The third-order valence-corrected chi connectivity index (χ3v) is 3.38. The topological polar surface area (TPSA) is 93.2 Å². The van der Waals surface area contributed by atoms with Gasteiger partial charge in [0.05, 0.1) is 23.3 Å². The standard InChI is InChI=1S/C12H12BrFN4O3/c13-11-2-1-8(14)3-12(11)15-5-10(19)7-17-6-9(4-16-17)18(20)21/h1-4,6,10,15,19H,5,7H2. The van der Waals surface area contributed by atoms with Gasteiger partial charge < -0.3 is 10.4 Å². The second kappa shape index (κ2) is 6.64. The lowest BCUT2D eigenvalue weighted by Crippen LogP contribution is -2.25. The zero-order valence-electron chi connectivity index (χ0n) is 10.7. The van der Waals surface area contributed by atoms with Gasteiger partial charge in [-0.05, 0) is 34.1 Å². The monoisotopic (exact) mass is 358 g/mol. The van der Waals surface area contributed by atoms with E-state index in [9.17, 15) is 19.6 Å². The number of aromatic nitrogens is 2. The molecule has 7 nitrogen and oxygen atoms in total. The lowest BCUT2D eigenvalue weighted by molar-refractivity contribution is -0.385. The van der Waals surface area contributed by atoms with Gasteiger partial charge in [0.15, 0.2) is 0 Å². The van der Waals surface area contributed by atoms with E-state index in [0.29, 0.717) is 10.2 Å². The van der Waals surface area contributed by atoms with Crippen LogP contribution in [-0.4, -0.2) is 32.5 Å². The second-order valence-electron chi connectivity index (χ2n) is 4.34. The van der Waals surface area contributed by atoms with Crippen LogP contribution in [0, 0.1) is 15.9 Å². The molecule has 1 unspecified atom stereocenters. The van der Waals surface area contributed by atoms with Gasteiger partial charge in [0.2, 0.25) is 0 Å². The van der Waals surface area contributed by atoms with Crippen molar-refractivity contribution in [2.24, 2.45) is 0 Å². The fourth-order valence-electron chi connectivity index (χ4n) is 1.69. The second-order valence-corrected chi connectivity index (χ2v) is 5.19. The molecule has 21 heavy (non-hydrogen) atoms. The predicted octanol–water partition coefficient (Wildman–Crippen LogP) is 2.17. The van der Waals surface area contributed by atoms with E-state index in [-0.39, 0.29) is 18.8 Å². The van der Waals surface area contributed by atoms with Crippen LogP contribution in [0.4, 0.5) is 15.8 Å². The number of benzene rings is 1. The highest BCUT2D eigenvalue weighted by atomic mass is 79.9. The third-order valence-electron chi connectivity index (χ3n) is 2.68. The van der Waals surface area contributed by atoms with Crippen LogP contribution in [0.3, 0.4) is 0 Å². The normalized spacial score (nSPS) is 12.1. The average molecular weight is 359 g/mol. The lowest BCUT2D eigenvalue weighted by atomic mass is 10.3. The van der Waals surface area contributed by atoms with Gasteiger partial charge in [0, 0.05) is 11.0 Å². The van der Waals surface area contributed by atoms with E-state index in [1.165, 1.54) is 23.0 Å². The molecule has 0 saturated carbocycles. The van der Waals surface area contributed by atoms with Crippen LogP contribution in [0.1, 0.15) is 0 Å². The quantitative estimate of drug-likeness (QED) is 0.609. The Balaban J connectivity index is 1.90. The minimum Gasteiger partial charge on any atom is -0.389 e. The molecule has 0 aliphatic heterocycles. The molecular weight excluding hydrogens is 347 g/mol. The van der Waals surface area contributed by atoms with E-state index in [0.717, 1.165) is 6.20 Å². The molecule has 2 aromatic rings. The van der Waals surface area contributed by atoms with Crippen molar-refractivity contribution in [3.8, 4) is 0 Å². The molecule has 0 aliphatic carbocycles. The van der Waals surface area contributed by atoms with Crippen molar-refractivity contribution >= 4 is 27.3 Å². The summed E-state index contributed by atoms with van der Waals surface area (Å²) in [6, 6.07) is 4.17. The first-order chi connectivity index (χ1) is 9.95. The first-order valence-electron chi connectivity index (χ1n) is 5.99. The van der Waals surface area contributed by atoms with Gasteiger partial charge in [0.1, 0.15) is 18.2 Å². The van der Waals surface area contributed by atoms with E-state index >= 15 is 0 Å². The van der Waals surface area contributed by atoms with Gasteiger partial charge >= 0.3 is 5.69 Å². The molecule has 1 aromatic heterocycles. The Hall–Kier alpha value is -2.00. The number of rotatable bonds is 6. The maximum absolute atomic E-state index is 13.1. The van der Waals surface area contributed by atoms with Gasteiger partial charge in [0.25, 0.3) is 0 Å². The smallest absolute Gasteiger partial charge is 0.306 e. The van der Waals surface area contributed by atoms with Crippen LogP contribution in [-0.2, 0) is 6.54 Å². The molecule has 1 aromatic carbocycles. The molecule has 0 amide bonds.